The van der Waals surface area contributed by atoms with E-state index in [0.717, 1.165) is 31.5 Å². The second-order valence-electron chi connectivity index (χ2n) is 9.43. The van der Waals surface area contributed by atoms with E-state index in [2.05, 4.69) is 15.5 Å². The summed E-state index contributed by atoms with van der Waals surface area (Å²) in [6, 6.07) is 4.73. The SMILES string of the molecule is CCOc1ccc(S(=O)(=O)NCN2CCOCC2)cc1C1NC(=O)c2c(C)nc(C3CCCC3)n2N1. The van der Waals surface area contributed by atoms with Crippen molar-refractivity contribution in [2.75, 3.05) is 45.0 Å². The summed E-state index contributed by atoms with van der Waals surface area (Å²) in [5.74, 6) is 1.40. The van der Waals surface area contributed by atoms with Crippen LogP contribution < -0.4 is 20.2 Å². The van der Waals surface area contributed by atoms with Gasteiger partial charge < -0.3 is 14.8 Å². The largest absolute Gasteiger partial charge is 0.493 e. The molecule has 5 rings (SSSR count). The average molecular weight is 519 g/mol. The number of morpholine rings is 1. The molecule has 1 aromatic heterocycles. The minimum atomic E-state index is -3.79. The van der Waals surface area contributed by atoms with Gasteiger partial charge in [-0.15, -0.1) is 0 Å². The van der Waals surface area contributed by atoms with E-state index in [-0.39, 0.29) is 17.5 Å². The Balaban J connectivity index is 1.44. The molecule has 196 valence electrons. The summed E-state index contributed by atoms with van der Waals surface area (Å²) in [5.41, 5.74) is 5.08. The van der Waals surface area contributed by atoms with E-state index in [0.29, 0.717) is 61.5 Å². The van der Waals surface area contributed by atoms with Crippen LogP contribution in [0, 0.1) is 6.92 Å². The monoisotopic (exact) mass is 518 g/mol. The zero-order valence-electron chi connectivity index (χ0n) is 20.7. The van der Waals surface area contributed by atoms with Gasteiger partial charge in [-0.05, 0) is 44.9 Å². The molecule has 36 heavy (non-hydrogen) atoms. The maximum Gasteiger partial charge on any atom is 0.273 e. The number of hydrogen-bond donors (Lipinski definition) is 3. The van der Waals surface area contributed by atoms with Crippen molar-refractivity contribution in [2.45, 2.75) is 56.5 Å². The van der Waals surface area contributed by atoms with E-state index < -0.39 is 16.2 Å². The molecular formula is C24H34N6O5S. The van der Waals surface area contributed by atoms with Crippen molar-refractivity contribution < 1.29 is 22.7 Å². The topological polar surface area (TPSA) is 127 Å². The number of hydrogen-bond acceptors (Lipinski definition) is 8. The molecule has 2 aliphatic heterocycles. The van der Waals surface area contributed by atoms with E-state index in [1.165, 1.54) is 6.07 Å². The number of ether oxygens (including phenoxy) is 2. The van der Waals surface area contributed by atoms with Crippen LogP contribution in [-0.2, 0) is 14.8 Å². The third-order valence-corrected chi connectivity index (χ3v) is 8.41. The number of imidazole rings is 1. The molecule has 0 radical (unpaired) electrons. The fraction of sp³-hybridized carbons (Fsp3) is 0.583. The molecule has 1 aromatic carbocycles. The van der Waals surface area contributed by atoms with Crippen molar-refractivity contribution in [1.29, 1.82) is 0 Å². The quantitative estimate of drug-likeness (QED) is 0.483. The van der Waals surface area contributed by atoms with Crippen LogP contribution in [0.4, 0.5) is 0 Å². The molecule has 0 spiro atoms. The Morgan fingerprint density at radius 3 is 2.69 bits per heavy atom. The Bertz CT molecular complexity index is 1220. The molecule has 0 bridgehead atoms. The van der Waals surface area contributed by atoms with Crippen molar-refractivity contribution >= 4 is 15.9 Å². The molecule has 1 atom stereocenters. The first-order valence-electron chi connectivity index (χ1n) is 12.6. The van der Waals surface area contributed by atoms with E-state index in [1.807, 2.05) is 18.7 Å². The lowest BCUT2D eigenvalue weighted by atomic mass is 10.1. The van der Waals surface area contributed by atoms with Crippen molar-refractivity contribution in [3.63, 3.8) is 0 Å². The Hall–Kier alpha value is -2.67. The maximum atomic E-state index is 13.1. The molecule has 2 fully saturated rings. The van der Waals surface area contributed by atoms with Gasteiger partial charge in [0.15, 0.2) is 5.69 Å². The first kappa shape index (κ1) is 25.0. The Kier molecular flexibility index (Phi) is 7.20. The van der Waals surface area contributed by atoms with Gasteiger partial charge in [0, 0.05) is 24.6 Å². The number of fused-ring (bicyclic) bond motifs is 1. The summed E-state index contributed by atoms with van der Waals surface area (Å²) >= 11 is 0. The molecule has 1 aliphatic carbocycles. The van der Waals surface area contributed by atoms with Gasteiger partial charge in [0.25, 0.3) is 5.91 Å². The minimum absolute atomic E-state index is 0.105. The van der Waals surface area contributed by atoms with Gasteiger partial charge in [-0.25, -0.2) is 18.1 Å². The van der Waals surface area contributed by atoms with Gasteiger partial charge >= 0.3 is 0 Å². The highest BCUT2D eigenvalue weighted by molar-refractivity contribution is 7.89. The number of aryl methyl sites for hydroxylation is 1. The molecular weight excluding hydrogens is 484 g/mol. The lowest BCUT2D eigenvalue weighted by molar-refractivity contribution is 0.0371. The number of carbonyl (C=O) groups is 1. The number of nitrogens with zero attached hydrogens (tertiary/aromatic N) is 3. The summed E-state index contributed by atoms with van der Waals surface area (Å²) in [4.78, 5) is 20.0. The van der Waals surface area contributed by atoms with Crippen LogP contribution >= 0.6 is 0 Å². The fourth-order valence-corrected chi connectivity index (χ4v) is 6.19. The third-order valence-electron chi connectivity index (χ3n) is 7.03. The number of nitrogens with one attached hydrogen (secondary N) is 3. The van der Waals surface area contributed by atoms with Crippen molar-refractivity contribution in [2.24, 2.45) is 0 Å². The van der Waals surface area contributed by atoms with Crippen LogP contribution in [0.3, 0.4) is 0 Å². The Morgan fingerprint density at radius 2 is 1.97 bits per heavy atom. The lowest BCUT2D eigenvalue weighted by Crippen LogP contribution is -2.45. The van der Waals surface area contributed by atoms with Crippen LogP contribution in [0.25, 0.3) is 0 Å². The summed E-state index contributed by atoms with van der Waals surface area (Å²) in [5, 5.41) is 2.97. The zero-order valence-corrected chi connectivity index (χ0v) is 21.6. The van der Waals surface area contributed by atoms with Gasteiger partial charge in [0.2, 0.25) is 10.0 Å². The van der Waals surface area contributed by atoms with E-state index >= 15 is 0 Å². The number of carbonyl (C=O) groups excluding carboxylic acids is 1. The Labute approximate surface area is 211 Å². The van der Waals surface area contributed by atoms with Gasteiger partial charge in [0.05, 0.1) is 37.1 Å². The summed E-state index contributed by atoms with van der Waals surface area (Å²) < 4.78 is 41.9. The van der Waals surface area contributed by atoms with Crippen molar-refractivity contribution in [3.05, 3.63) is 41.0 Å². The number of aromatic nitrogens is 2. The van der Waals surface area contributed by atoms with Crippen molar-refractivity contribution in [1.82, 2.24) is 24.6 Å². The third kappa shape index (κ3) is 4.95. The molecule has 3 aliphatic rings. The van der Waals surface area contributed by atoms with E-state index in [4.69, 9.17) is 14.5 Å². The van der Waals surface area contributed by atoms with E-state index in [9.17, 15) is 13.2 Å². The number of benzene rings is 1. The number of amides is 1. The molecule has 3 N–H and O–H groups in total. The second kappa shape index (κ2) is 10.4. The predicted molar refractivity (Wildman–Crippen MR) is 133 cm³/mol. The van der Waals surface area contributed by atoms with Crippen molar-refractivity contribution in [3.8, 4) is 5.75 Å². The molecule has 2 aromatic rings. The summed E-state index contributed by atoms with van der Waals surface area (Å²) in [7, 11) is -3.79. The van der Waals surface area contributed by atoms with Gasteiger partial charge in [-0.2, -0.15) is 4.72 Å². The second-order valence-corrected chi connectivity index (χ2v) is 11.2. The molecule has 1 amide bonds. The lowest BCUT2D eigenvalue weighted by Gasteiger charge is -2.31. The average Bonchev–Trinajstić information content (AvgIpc) is 3.52. The summed E-state index contributed by atoms with van der Waals surface area (Å²) in [6.07, 6.45) is 3.68. The predicted octanol–water partition coefficient (Wildman–Crippen LogP) is 1.80. The Morgan fingerprint density at radius 1 is 1.22 bits per heavy atom. The number of sulfonamides is 1. The fourth-order valence-electron chi connectivity index (χ4n) is 5.14. The first-order chi connectivity index (χ1) is 17.4. The zero-order chi connectivity index (χ0) is 25.3. The van der Waals surface area contributed by atoms with Crippen LogP contribution in [0.1, 0.15) is 72.3 Å². The normalized spacial score (nSPS) is 21.2. The maximum absolute atomic E-state index is 13.1. The molecule has 1 saturated heterocycles. The highest BCUT2D eigenvalue weighted by atomic mass is 32.2. The molecule has 3 heterocycles. The van der Waals surface area contributed by atoms with Gasteiger partial charge in [-0.3, -0.25) is 15.1 Å². The van der Waals surface area contributed by atoms with Gasteiger partial charge in [0.1, 0.15) is 17.7 Å². The highest BCUT2D eigenvalue weighted by Crippen LogP contribution is 2.36. The van der Waals surface area contributed by atoms with Crippen LogP contribution in [-0.4, -0.2) is 68.5 Å². The van der Waals surface area contributed by atoms with Crippen LogP contribution in [0.2, 0.25) is 0 Å². The highest BCUT2D eigenvalue weighted by Gasteiger charge is 2.34. The number of rotatable bonds is 8. The summed E-state index contributed by atoms with van der Waals surface area (Å²) in [6.45, 7) is 6.82. The molecule has 1 unspecified atom stereocenters. The van der Waals surface area contributed by atoms with Crippen LogP contribution in [0.15, 0.2) is 23.1 Å². The minimum Gasteiger partial charge on any atom is -0.493 e. The van der Waals surface area contributed by atoms with Gasteiger partial charge in [-0.1, -0.05) is 12.8 Å². The van der Waals surface area contributed by atoms with Crippen LogP contribution in [0.5, 0.6) is 5.75 Å². The molecule has 11 nitrogen and oxygen atoms in total. The van der Waals surface area contributed by atoms with E-state index in [1.54, 1.807) is 16.8 Å². The molecule has 12 heteroatoms. The molecule has 1 saturated carbocycles. The standard InChI is InChI=1S/C24H34N6O5S/c1-3-35-20-9-8-18(36(32,33)25-15-29-10-12-34-13-11-29)14-19(20)22-27-24(31)21-16(2)26-23(30(21)28-22)17-6-4-5-7-17/h8-9,14,17,22,25,28H,3-7,10-13,15H2,1-2H3,(H,27,31). The smallest absolute Gasteiger partial charge is 0.273 e. The first-order valence-corrected chi connectivity index (χ1v) is 14.1.